The first kappa shape index (κ1) is 10.9. The lowest BCUT2D eigenvalue weighted by molar-refractivity contribution is 0.0572. The number of nitrogens with two attached hydrogens (primary N) is 1. The summed E-state index contributed by atoms with van der Waals surface area (Å²) in [6.45, 7) is 0.829. The maximum atomic E-state index is 6.11. The fourth-order valence-corrected chi connectivity index (χ4v) is 2.63. The van der Waals surface area contributed by atoms with Crippen molar-refractivity contribution in [3.8, 4) is 0 Å². The van der Waals surface area contributed by atoms with Gasteiger partial charge in [0.05, 0.1) is 12.7 Å². The molecular weight excluding hydrogens is 208 g/mol. The van der Waals surface area contributed by atoms with E-state index in [1.807, 2.05) is 24.0 Å². The van der Waals surface area contributed by atoms with Crippen molar-refractivity contribution in [1.82, 2.24) is 4.98 Å². The molecule has 1 aliphatic rings. The van der Waals surface area contributed by atoms with Crippen molar-refractivity contribution in [3.63, 3.8) is 0 Å². The summed E-state index contributed by atoms with van der Waals surface area (Å²) < 4.78 is 5.65. The number of nitrogens with zero attached hydrogens (tertiary/aromatic N) is 1. The fraction of sp³-hybridized carbons (Fsp3) is 0.545. The molecule has 1 aliphatic heterocycles. The predicted molar refractivity (Wildman–Crippen MR) is 63.0 cm³/mol. The van der Waals surface area contributed by atoms with Crippen LogP contribution in [0, 0.1) is 0 Å². The van der Waals surface area contributed by atoms with E-state index in [-0.39, 0.29) is 12.1 Å². The molecule has 3 nitrogen and oxygen atoms in total. The topological polar surface area (TPSA) is 48.1 Å². The summed E-state index contributed by atoms with van der Waals surface area (Å²) in [7, 11) is 0. The Balaban J connectivity index is 1.88. The number of hydrogen-bond acceptors (Lipinski definition) is 4. The third-order valence-corrected chi connectivity index (χ3v) is 3.53. The molecule has 2 heterocycles. The van der Waals surface area contributed by atoms with Crippen LogP contribution in [0.4, 0.5) is 0 Å². The second-order valence-corrected chi connectivity index (χ2v) is 4.86. The Morgan fingerprint density at radius 1 is 1.67 bits per heavy atom. The first-order valence-corrected chi connectivity index (χ1v) is 6.35. The lowest BCUT2D eigenvalue weighted by atomic mass is 10.0. The van der Waals surface area contributed by atoms with Gasteiger partial charge < -0.3 is 10.5 Å². The van der Waals surface area contributed by atoms with Gasteiger partial charge in [-0.3, -0.25) is 4.98 Å². The first-order valence-electron chi connectivity index (χ1n) is 5.20. The maximum Gasteiger partial charge on any atom is 0.0819 e. The molecule has 1 fully saturated rings. The Hall–Kier alpha value is -0.580. The Morgan fingerprint density at radius 3 is 3.27 bits per heavy atom. The van der Waals surface area contributed by atoms with Gasteiger partial charge in [0.2, 0.25) is 0 Å². The minimum Gasteiger partial charge on any atom is -0.375 e. The molecule has 2 rings (SSSR count). The molecule has 4 heteroatoms. The van der Waals surface area contributed by atoms with E-state index in [1.54, 1.807) is 6.20 Å². The smallest absolute Gasteiger partial charge is 0.0819 e. The Kier molecular flexibility index (Phi) is 4.00. The van der Waals surface area contributed by atoms with Crippen molar-refractivity contribution < 1.29 is 4.74 Å². The molecule has 1 aromatic rings. The molecule has 15 heavy (non-hydrogen) atoms. The van der Waals surface area contributed by atoms with Crippen LogP contribution < -0.4 is 5.73 Å². The summed E-state index contributed by atoms with van der Waals surface area (Å²) in [6, 6.07) is 4.09. The molecule has 0 bridgehead atoms. The quantitative estimate of drug-likeness (QED) is 0.834. The molecule has 0 aliphatic carbocycles. The van der Waals surface area contributed by atoms with Crippen molar-refractivity contribution >= 4 is 11.8 Å². The van der Waals surface area contributed by atoms with Crippen molar-refractivity contribution in [2.45, 2.75) is 18.6 Å². The monoisotopic (exact) mass is 224 g/mol. The second-order valence-electron chi connectivity index (χ2n) is 3.71. The summed E-state index contributed by atoms with van der Waals surface area (Å²) in [4.78, 5) is 4.08. The molecule has 2 atom stereocenters. The van der Waals surface area contributed by atoms with E-state index in [0.29, 0.717) is 0 Å². The Bertz CT molecular complexity index is 288. The number of hydrogen-bond donors (Lipinski definition) is 1. The standard InChI is InChI=1S/C11H16N2OS/c12-10(11-8-15-5-4-14-11)6-9-2-1-3-13-7-9/h1-3,7,10-11H,4-6,8,12H2. The van der Waals surface area contributed by atoms with E-state index < -0.39 is 0 Å². The highest BCUT2D eigenvalue weighted by Crippen LogP contribution is 2.16. The second kappa shape index (κ2) is 5.49. The van der Waals surface area contributed by atoms with Gasteiger partial charge in [-0.15, -0.1) is 0 Å². The Labute approximate surface area is 94.4 Å². The Morgan fingerprint density at radius 2 is 2.60 bits per heavy atom. The normalized spacial score (nSPS) is 23.7. The first-order chi connectivity index (χ1) is 7.36. The fourth-order valence-electron chi connectivity index (χ4n) is 1.68. The van der Waals surface area contributed by atoms with Crippen LogP contribution in [0.5, 0.6) is 0 Å². The molecule has 0 spiro atoms. The molecule has 0 radical (unpaired) electrons. The molecule has 82 valence electrons. The average Bonchev–Trinajstić information content (AvgIpc) is 2.31. The lowest BCUT2D eigenvalue weighted by Gasteiger charge is -2.27. The van der Waals surface area contributed by atoms with Crippen molar-refractivity contribution in [2.24, 2.45) is 5.73 Å². The molecular formula is C11H16N2OS. The molecule has 0 amide bonds. The van der Waals surface area contributed by atoms with Crippen LogP contribution in [0.2, 0.25) is 0 Å². The highest BCUT2D eigenvalue weighted by atomic mass is 32.2. The van der Waals surface area contributed by atoms with Gasteiger partial charge in [0.15, 0.2) is 0 Å². The average molecular weight is 224 g/mol. The number of aromatic nitrogens is 1. The van der Waals surface area contributed by atoms with E-state index >= 15 is 0 Å². The van der Waals surface area contributed by atoms with Crippen LogP contribution in [-0.2, 0) is 11.2 Å². The van der Waals surface area contributed by atoms with Gasteiger partial charge in [0.25, 0.3) is 0 Å². The maximum absolute atomic E-state index is 6.11. The van der Waals surface area contributed by atoms with Gasteiger partial charge in [-0.1, -0.05) is 6.07 Å². The zero-order valence-corrected chi connectivity index (χ0v) is 9.45. The molecule has 0 saturated carbocycles. The lowest BCUT2D eigenvalue weighted by Crippen LogP contribution is -2.42. The van der Waals surface area contributed by atoms with Crippen LogP contribution >= 0.6 is 11.8 Å². The summed E-state index contributed by atoms with van der Waals surface area (Å²) in [5.41, 5.74) is 7.30. The minimum absolute atomic E-state index is 0.0852. The van der Waals surface area contributed by atoms with Crippen LogP contribution in [0.25, 0.3) is 0 Å². The number of ether oxygens (including phenoxy) is 1. The highest BCUT2D eigenvalue weighted by molar-refractivity contribution is 7.99. The van der Waals surface area contributed by atoms with E-state index in [2.05, 4.69) is 11.1 Å². The van der Waals surface area contributed by atoms with Crippen LogP contribution in [0.1, 0.15) is 5.56 Å². The minimum atomic E-state index is 0.0852. The van der Waals surface area contributed by atoms with Crippen molar-refractivity contribution in [3.05, 3.63) is 30.1 Å². The molecule has 2 N–H and O–H groups in total. The molecule has 2 unspecified atom stereocenters. The van der Waals surface area contributed by atoms with Crippen LogP contribution in [0.3, 0.4) is 0 Å². The molecule has 1 aromatic heterocycles. The largest absolute Gasteiger partial charge is 0.375 e. The number of rotatable bonds is 3. The molecule has 1 saturated heterocycles. The summed E-state index contributed by atoms with van der Waals surface area (Å²) in [6.07, 6.45) is 4.70. The third-order valence-electron chi connectivity index (χ3n) is 2.51. The summed E-state index contributed by atoms with van der Waals surface area (Å²) in [5, 5.41) is 0. The van der Waals surface area contributed by atoms with Crippen molar-refractivity contribution in [1.29, 1.82) is 0 Å². The van der Waals surface area contributed by atoms with Gasteiger partial charge in [0, 0.05) is 29.9 Å². The van der Waals surface area contributed by atoms with Gasteiger partial charge >= 0.3 is 0 Å². The highest BCUT2D eigenvalue weighted by Gasteiger charge is 2.21. The zero-order chi connectivity index (χ0) is 10.5. The van der Waals surface area contributed by atoms with E-state index in [9.17, 15) is 0 Å². The number of thioether (sulfide) groups is 1. The summed E-state index contributed by atoms with van der Waals surface area (Å²) >= 11 is 1.92. The van der Waals surface area contributed by atoms with E-state index in [0.717, 1.165) is 24.5 Å². The zero-order valence-electron chi connectivity index (χ0n) is 8.63. The van der Waals surface area contributed by atoms with Crippen molar-refractivity contribution in [2.75, 3.05) is 18.1 Å². The third kappa shape index (κ3) is 3.19. The van der Waals surface area contributed by atoms with E-state index in [4.69, 9.17) is 10.5 Å². The van der Waals surface area contributed by atoms with Gasteiger partial charge in [0.1, 0.15) is 0 Å². The summed E-state index contributed by atoms with van der Waals surface area (Å²) in [5.74, 6) is 2.11. The SMILES string of the molecule is NC(Cc1cccnc1)C1CSCCO1. The van der Waals surface area contributed by atoms with Gasteiger partial charge in [-0.2, -0.15) is 11.8 Å². The van der Waals surface area contributed by atoms with Crippen LogP contribution in [0.15, 0.2) is 24.5 Å². The van der Waals surface area contributed by atoms with Gasteiger partial charge in [-0.05, 0) is 18.1 Å². The number of pyridine rings is 1. The predicted octanol–water partition coefficient (Wildman–Crippen LogP) is 1.08. The van der Waals surface area contributed by atoms with E-state index in [1.165, 1.54) is 5.56 Å². The van der Waals surface area contributed by atoms with Gasteiger partial charge in [-0.25, -0.2) is 0 Å². The van der Waals surface area contributed by atoms with Crippen LogP contribution in [-0.4, -0.2) is 35.2 Å². The molecule has 0 aromatic carbocycles.